The van der Waals surface area contributed by atoms with Gasteiger partial charge in [-0.25, -0.2) is 9.78 Å². The van der Waals surface area contributed by atoms with E-state index in [1.54, 1.807) is 12.1 Å². The molecule has 0 aliphatic carbocycles. The van der Waals surface area contributed by atoms with Crippen LogP contribution in [0.3, 0.4) is 0 Å². The van der Waals surface area contributed by atoms with Gasteiger partial charge in [0.05, 0.1) is 6.10 Å². The van der Waals surface area contributed by atoms with E-state index in [1.165, 1.54) is 11.0 Å². The zero-order valence-corrected chi connectivity index (χ0v) is 9.48. The fourth-order valence-electron chi connectivity index (χ4n) is 2.02. The number of carboxylic acid groups (broad SMARTS) is 1. The summed E-state index contributed by atoms with van der Waals surface area (Å²) in [5, 5.41) is 18.6. The van der Waals surface area contributed by atoms with Crippen molar-refractivity contribution < 1.29 is 19.8 Å². The molecule has 0 radical (unpaired) electrons. The molecule has 2 heterocycles. The minimum Gasteiger partial charge on any atom is -0.480 e. The van der Waals surface area contributed by atoms with E-state index in [0.29, 0.717) is 5.82 Å². The number of aromatic nitrogens is 1. The summed E-state index contributed by atoms with van der Waals surface area (Å²) >= 11 is 0. The lowest BCUT2D eigenvalue weighted by atomic mass is 10.2. The topological polar surface area (TPSA) is 117 Å². The Morgan fingerprint density at radius 2 is 2.17 bits per heavy atom. The summed E-state index contributed by atoms with van der Waals surface area (Å²) in [7, 11) is 0. The Balaban J connectivity index is 2.32. The number of aliphatic carboxylic acids is 1. The minimum absolute atomic E-state index is 0.0676. The zero-order valence-electron chi connectivity index (χ0n) is 9.48. The number of rotatable bonds is 3. The molecular formula is C11H13N3O4. The number of primary amides is 1. The highest BCUT2D eigenvalue weighted by Gasteiger charge is 2.36. The molecule has 0 aromatic carbocycles. The number of amides is 1. The molecule has 0 spiro atoms. The summed E-state index contributed by atoms with van der Waals surface area (Å²) in [5.41, 5.74) is 5.19. The number of carbonyl (C=O) groups excluding carboxylic acids is 1. The number of aliphatic hydroxyl groups excluding tert-OH is 1. The van der Waals surface area contributed by atoms with Crippen molar-refractivity contribution in [1.29, 1.82) is 0 Å². The van der Waals surface area contributed by atoms with Gasteiger partial charge in [0.1, 0.15) is 17.6 Å². The van der Waals surface area contributed by atoms with E-state index in [2.05, 4.69) is 4.98 Å². The van der Waals surface area contributed by atoms with Crippen molar-refractivity contribution >= 4 is 17.7 Å². The van der Waals surface area contributed by atoms with Gasteiger partial charge in [-0.3, -0.25) is 4.79 Å². The first-order valence-corrected chi connectivity index (χ1v) is 5.43. The summed E-state index contributed by atoms with van der Waals surface area (Å²) in [6.07, 6.45) is -0.581. The molecule has 1 amide bonds. The molecule has 1 aliphatic rings. The first-order valence-electron chi connectivity index (χ1n) is 5.43. The zero-order chi connectivity index (χ0) is 13.3. The number of β-amino-alcohol motifs (C(OH)–C–C–N with tert-alkyl or cyclic N) is 1. The molecule has 4 N–H and O–H groups in total. The average Bonchev–Trinajstić information content (AvgIpc) is 2.72. The predicted molar refractivity (Wildman–Crippen MR) is 62.1 cm³/mol. The molecule has 0 saturated carbocycles. The number of nitrogens with two attached hydrogens (primary N) is 1. The SMILES string of the molecule is NC(=O)c1cccc(N2CC(O)CC2C(=O)O)n1. The number of anilines is 1. The van der Waals surface area contributed by atoms with Crippen molar-refractivity contribution in [2.75, 3.05) is 11.4 Å². The Bertz CT molecular complexity index is 491. The number of carboxylic acids is 1. The first-order chi connectivity index (χ1) is 8.49. The van der Waals surface area contributed by atoms with Gasteiger partial charge in [0.15, 0.2) is 0 Å². The molecular weight excluding hydrogens is 238 g/mol. The largest absolute Gasteiger partial charge is 0.480 e. The van der Waals surface area contributed by atoms with Gasteiger partial charge in [0.25, 0.3) is 5.91 Å². The quantitative estimate of drug-likeness (QED) is 0.647. The molecule has 96 valence electrons. The molecule has 2 unspecified atom stereocenters. The van der Waals surface area contributed by atoms with E-state index >= 15 is 0 Å². The average molecular weight is 251 g/mol. The van der Waals surface area contributed by atoms with Gasteiger partial charge in [-0.2, -0.15) is 0 Å². The number of carbonyl (C=O) groups is 2. The lowest BCUT2D eigenvalue weighted by Crippen LogP contribution is -2.36. The van der Waals surface area contributed by atoms with Gasteiger partial charge >= 0.3 is 5.97 Å². The second-order valence-corrected chi connectivity index (χ2v) is 4.14. The molecule has 2 atom stereocenters. The van der Waals surface area contributed by atoms with Crippen molar-refractivity contribution in [2.24, 2.45) is 5.73 Å². The van der Waals surface area contributed by atoms with Gasteiger partial charge in [-0.15, -0.1) is 0 Å². The normalized spacial score (nSPS) is 23.1. The van der Waals surface area contributed by atoms with E-state index in [9.17, 15) is 14.7 Å². The fraction of sp³-hybridized carbons (Fsp3) is 0.364. The Hall–Kier alpha value is -2.15. The second-order valence-electron chi connectivity index (χ2n) is 4.14. The fourth-order valence-corrected chi connectivity index (χ4v) is 2.02. The highest BCUT2D eigenvalue weighted by Crippen LogP contribution is 2.24. The van der Waals surface area contributed by atoms with Crippen LogP contribution in [-0.4, -0.2) is 45.8 Å². The van der Waals surface area contributed by atoms with Crippen molar-refractivity contribution in [1.82, 2.24) is 4.98 Å². The summed E-state index contributed by atoms with van der Waals surface area (Å²) < 4.78 is 0. The number of nitrogens with zero attached hydrogens (tertiary/aromatic N) is 2. The number of hydrogen-bond donors (Lipinski definition) is 3. The maximum atomic E-state index is 11.1. The molecule has 18 heavy (non-hydrogen) atoms. The van der Waals surface area contributed by atoms with Crippen LogP contribution in [-0.2, 0) is 4.79 Å². The molecule has 1 aromatic rings. The van der Waals surface area contributed by atoms with Crippen molar-refractivity contribution in [3.63, 3.8) is 0 Å². The molecule has 1 fully saturated rings. The Morgan fingerprint density at radius 3 is 2.78 bits per heavy atom. The standard InChI is InChI=1S/C11H13N3O4/c12-10(16)7-2-1-3-9(13-7)14-5-6(15)4-8(14)11(17)18/h1-3,6,8,15H,4-5H2,(H2,12,16)(H,17,18). The monoisotopic (exact) mass is 251 g/mol. The molecule has 7 heteroatoms. The lowest BCUT2D eigenvalue weighted by molar-refractivity contribution is -0.138. The summed E-state index contributed by atoms with van der Waals surface area (Å²) in [5.74, 6) is -1.38. The third kappa shape index (κ3) is 2.25. The highest BCUT2D eigenvalue weighted by molar-refractivity contribution is 5.91. The van der Waals surface area contributed by atoms with Crippen LogP contribution in [0.2, 0.25) is 0 Å². The maximum Gasteiger partial charge on any atom is 0.326 e. The summed E-state index contributed by atoms with van der Waals surface area (Å²) in [4.78, 5) is 27.6. The molecule has 7 nitrogen and oxygen atoms in total. The van der Waals surface area contributed by atoms with Gasteiger partial charge in [-0.05, 0) is 12.1 Å². The molecule has 2 rings (SSSR count). The molecule has 1 saturated heterocycles. The summed E-state index contributed by atoms with van der Waals surface area (Å²) in [6.45, 7) is 0.173. The lowest BCUT2D eigenvalue weighted by Gasteiger charge is -2.22. The van der Waals surface area contributed by atoms with Gasteiger partial charge < -0.3 is 20.8 Å². The number of aliphatic hydroxyl groups is 1. The Morgan fingerprint density at radius 1 is 1.44 bits per heavy atom. The van der Waals surface area contributed by atoms with Crippen LogP contribution in [0.4, 0.5) is 5.82 Å². The van der Waals surface area contributed by atoms with E-state index in [1.807, 2.05) is 0 Å². The smallest absolute Gasteiger partial charge is 0.326 e. The predicted octanol–water partition coefficient (Wildman–Crippen LogP) is -0.795. The van der Waals surface area contributed by atoms with E-state index in [-0.39, 0.29) is 18.7 Å². The first kappa shape index (κ1) is 12.3. The van der Waals surface area contributed by atoms with E-state index in [4.69, 9.17) is 10.8 Å². The molecule has 1 aromatic heterocycles. The third-order valence-electron chi connectivity index (χ3n) is 2.85. The van der Waals surface area contributed by atoms with E-state index in [0.717, 1.165) is 0 Å². The van der Waals surface area contributed by atoms with Crippen molar-refractivity contribution in [2.45, 2.75) is 18.6 Å². The minimum atomic E-state index is -1.03. The van der Waals surface area contributed by atoms with Crippen LogP contribution >= 0.6 is 0 Å². The Labute approximate surface area is 103 Å². The number of hydrogen-bond acceptors (Lipinski definition) is 5. The molecule has 0 bridgehead atoms. The third-order valence-corrected chi connectivity index (χ3v) is 2.85. The molecule has 1 aliphatic heterocycles. The van der Waals surface area contributed by atoms with Crippen molar-refractivity contribution in [3.8, 4) is 0 Å². The van der Waals surface area contributed by atoms with Gasteiger partial charge in [0, 0.05) is 13.0 Å². The van der Waals surface area contributed by atoms with Crippen molar-refractivity contribution in [3.05, 3.63) is 23.9 Å². The second kappa shape index (κ2) is 4.61. The van der Waals surface area contributed by atoms with Crippen LogP contribution in [0.5, 0.6) is 0 Å². The van der Waals surface area contributed by atoms with Crippen LogP contribution in [0.1, 0.15) is 16.9 Å². The van der Waals surface area contributed by atoms with Gasteiger partial charge in [-0.1, -0.05) is 6.07 Å². The van der Waals surface area contributed by atoms with Crippen LogP contribution in [0.15, 0.2) is 18.2 Å². The Kier molecular flexibility index (Phi) is 3.15. The highest BCUT2D eigenvalue weighted by atomic mass is 16.4. The van der Waals surface area contributed by atoms with Crippen LogP contribution < -0.4 is 10.6 Å². The van der Waals surface area contributed by atoms with E-state index < -0.39 is 24.0 Å². The van der Waals surface area contributed by atoms with Crippen LogP contribution in [0.25, 0.3) is 0 Å². The maximum absolute atomic E-state index is 11.1. The van der Waals surface area contributed by atoms with Crippen LogP contribution in [0, 0.1) is 0 Å². The number of pyridine rings is 1. The van der Waals surface area contributed by atoms with Gasteiger partial charge in [0.2, 0.25) is 0 Å². The summed E-state index contributed by atoms with van der Waals surface area (Å²) in [6, 6.07) is 3.77.